The normalized spacial score (nSPS) is 13.3. The molecule has 0 aromatic rings. The summed E-state index contributed by atoms with van der Waals surface area (Å²) in [7, 11) is 0. The van der Waals surface area contributed by atoms with Crippen molar-refractivity contribution in [3.8, 4) is 11.8 Å². The van der Waals surface area contributed by atoms with E-state index >= 15 is 0 Å². The van der Waals surface area contributed by atoms with Gasteiger partial charge in [0.2, 0.25) is 0 Å². The van der Waals surface area contributed by atoms with Crippen molar-refractivity contribution in [3.05, 3.63) is 0 Å². The maximum Gasteiger partial charge on any atom is 0.438 e. The van der Waals surface area contributed by atoms with E-state index in [1.165, 1.54) is 6.92 Å². The highest BCUT2D eigenvalue weighted by atomic mass is 19.4. The molecule has 0 unspecified atom stereocenters. The van der Waals surface area contributed by atoms with E-state index < -0.39 is 18.0 Å². The Morgan fingerprint density at radius 2 is 1.40 bits per heavy atom. The maximum atomic E-state index is 12.0. The fourth-order valence-electron chi connectivity index (χ4n) is 0.618. The Bertz CT molecular complexity index is 252. The first-order valence-electron chi connectivity index (χ1n) is 3.92. The molecule has 0 bridgehead atoms. The lowest BCUT2D eigenvalue weighted by molar-refractivity contribution is -0.343. The lowest BCUT2D eigenvalue weighted by Gasteiger charge is -2.27. The van der Waals surface area contributed by atoms with Crippen LogP contribution in [0, 0.1) is 11.8 Å². The molecule has 0 aliphatic carbocycles. The highest BCUT2D eigenvalue weighted by molar-refractivity contribution is 5.20. The summed E-state index contributed by atoms with van der Waals surface area (Å²) < 4.78 is 71.7. The van der Waals surface area contributed by atoms with E-state index in [1.54, 1.807) is 5.92 Å². The molecular weight excluding hydrogens is 226 g/mol. The number of alkyl halides is 6. The van der Waals surface area contributed by atoms with Crippen LogP contribution in [0.25, 0.3) is 0 Å². The Hall–Kier alpha value is -0.900. The summed E-state index contributed by atoms with van der Waals surface area (Å²) in [4.78, 5) is 0. The Morgan fingerprint density at radius 3 is 1.67 bits per heavy atom. The molecule has 0 aliphatic rings. The number of unbranched alkanes of at least 4 members (excludes halogenated alkanes) is 1. The van der Waals surface area contributed by atoms with Crippen LogP contribution in [0.3, 0.4) is 0 Å². The summed E-state index contributed by atoms with van der Waals surface area (Å²) in [5, 5.41) is 8.49. The summed E-state index contributed by atoms with van der Waals surface area (Å²) >= 11 is 0. The molecule has 88 valence electrons. The van der Waals surface area contributed by atoms with Gasteiger partial charge in [0.25, 0.3) is 0 Å². The van der Waals surface area contributed by atoms with Gasteiger partial charge in [-0.1, -0.05) is 12.8 Å². The van der Waals surface area contributed by atoms with Gasteiger partial charge in [0.05, 0.1) is 0 Å². The van der Waals surface area contributed by atoms with Gasteiger partial charge in [-0.15, -0.1) is 0 Å². The quantitative estimate of drug-likeness (QED) is 0.546. The average Bonchev–Trinajstić information content (AvgIpc) is 2.00. The largest absolute Gasteiger partial charge is 0.438 e. The van der Waals surface area contributed by atoms with Crippen molar-refractivity contribution in [2.45, 2.75) is 37.7 Å². The van der Waals surface area contributed by atoms with Crippen molar-refractivity contribution in [3.63, 3.8) is 0 Å². The summed E-state index contributed by atoms with van der Waals surface area (Å²) in [5.74, 6) is 2.48. The van der Waals surface area contributed by atoms with Crippen LogP contribution in [0.5, 0.6) is 0 Å². The Labute approximate surface area is 82.1 Å². The van der Waals surface area contributed by atoms with Crippen LogP contribution in [-0.2, 0) is 0 Å². The van der Waals surface area contributed by atoms with Gasteiger partial charge in [-0.05, 0) is 12.3 Å². The molecule has 0 amide bonds. The first-order chi connectivity index (χ1) is 6.56. The molecule has 0 saturated heterocycles. The molecular formula is C8H8F6O. The van der Waals surface area contributed by atoms with E-state index in [9.17, 15) is 26.3 Å². The smallest absolute Gasteiger partial charge is 0.363 e. The standard InChI is InChI=1S/C8H8F6O/c1-2-3-4-5-6(15,7(9,10)11)8(12,13)14/h15H,2-3H2,1H3. The van der Waals surface area contributed by atoms with E-state index in [1.807, 2.05) is 0 Å². The van der Waals surface area contributed by atoms with Gasteiger partial charge >= 0.3 is 18.0 Å². The van der Waals surface area contributed by atoms with Crippen molar-refractivity contribution in [2.75, 3.05) is 0 Å². The molecule has 0 aromatic heterocycles. The summed E-state index contributed by atoms with van der Waals surface area (Å²) in [6.45, 7) is 1.54. The van der Waals surface area contributed by atoms with Crippen molar-refractivity contribution in [2.24, 2.45) is 0 Å². The van der Waals surface area contributed by atoms with Gasteiger partial charge in [0, 0.05) is 6.42 Å². The molecule has 0 heterocycles. The van der Waals surface area contributed by atoms with Gasteiger partial charge in [0.1, 0.15) is 0 Å². The predicted octanol–water partition coefficient (Wildman–Crippen LogP) is 2.65. The molecule has 0 spiro atoms. The third-order valence-electron chi connectivity index (χ3n) is 1.46. The van der Waals surface area contributed by atoms with E-state index in [2.05, 4.69) is 0 Å². The summed E-state index contributed by atoms with van der Waals surface area (Å²) in [6.07, 6.45) is -11.6. The fraction of sp³-hybridized carbons (Fsp3) is 0.750. The molecule has 7 heteroatoms. The Kier molecular flexibility index (Phi) is 4.05. The number of hydrogen-bond acceptors (Lipinski definition) is 1. The van der Waals surface area contributed by atoms with Gasteiger partial charge in [0.15, 0.2) is 0 Å². The van der Waals surface area contributed by atoms with Crippen LogP contribution in [-0.4, -0.2) is 23.1 Å². The first kappa shape index (κ1) is 14.1. The summed E-state index contributed by atoms with van der Waals surface area (Å²) in [5.41, 5.74) is -4.94. The zero-order chi connectivity index (χ0) is 12.3. The van der Waals surface area contributed by atoms with Crippen molar-refractivity contribution in [1.29, 1.82) is 0 Å². The topological polar surface area (TPSA) is 20.2 Å². The van der Waals surface area contributed by atoms with Gasteiger partial charge in [-0.3, -0.25) is 0 Å². The SMILES string of the molecule is CCCC#CC(O)(C(F)(F)F)C(F)(F)F. The van der Waals surface area contributed by atoms with E-state index in [-0.39, 0.29) is 6.42 Å². The molecule has 0 rings (SSSR count). The minimum atomic E-state index is -5.86. The predicted molar refractivity (Wildman–Crippen MR) is 39.7 cm³/mol. The second-order valence-corrected chi connectivity index (χ2v) is 2.76. The van der Waals surface area contributed by atoms with Crippen LogP contribution in [0.4, 0.5) is 26.3 Å². The van der Waals surface area contributed by atoms with Crippen LogP contribution >= 0.6 is 0 Å². The molecule has 0 radical (unpaired) electrons. The highest BCUT2D eigenvalue weighted by Crippen LogP contribution is 2.42. The fourth-order valence-corrected chi connectivity index (χ4v) is 0.618. The lowest BCUT2D eigenvalue weighted by Crippen LogP contribution is -2.55. The van der Waals surface area contributed by atoms with Gasteiger partial charge in [-0.25, -0.2) is 0 Å². The molecule has 0 aliphatic heterocycles. The molecule has 1 nitrogen and oxygen atoms in total. The molecule has 0 aromatic carbocycles. The van der Waals surface area contributed by atoms with Crippen LogP contribution in [0.2, 0.25) is 0 Å². The molecule has 15 heavy (non-hydrogen) atoms. The molecule has 0 atom stereocenters. The van der Waals surface area contributed by atoms with Crippen molar-refractivity contribution < 1.29 is 31.4 Å². The van der Waals surface area contributed by atoms with E-state index in [0.717, 1.165) is 5.92 Å². The molecule has 0 saturated carbocycles. The van der Waals surface area contributed by atoms with Gasteiger partial charge < -0.3 is 5.11 Å². The van der Waals surface area contributed by atoms with Gasteiger partial charge in [-0.2, -0.15) is 26.3 Å². The van der Waals surface area contributed by atoms with E-state index in [4.69, 9.17) is 5.11 Å². The lowest BCUT2D eigenvalue weighted by atomic mass is 10.0. The van der Waals surface area contributed by atoms with Crippen molar-refractivity contribution in [1.82, 2.24) is 0 Å². The number of halogens is 6. The maximum absolute atomic E-state index is 12.0. The van der Waals surface area contributed by atoms with Crippen LogP contribution in [0.15, 0.2) is 0 Å². The minimum Gasteiger partial charge on any atom is -0.363 e. The Balaban J connectivity index is 5.19. The number of hydrogen-bond donors (Lipinski definition) is 1. The monoisotopic (exact) mass is 234 g/mol. The molecule has 0 fully saturated rings. The zero-order valence-corrected chi connectivity index (χ0v) is 7.63. The van der Waals surface area contributed by atoms with E-state index in [0.29, 0.717) is 6.42 Å². The minimum absolute atomic E-state index is 0.144. The Morgan fingerprint density at radius 1 is 1.00 bits per heavy atom. The third-order valence-corrected chi connectivity index (χ3v) is 1.46. The highest BCUT2D eigenvalue weighted by Gasteiger charge is 2.70. The number of aliphatic hydroxyl groups is 1. The van der Waals surface area contributed by atoms with Crippen LogP contribution in [0.1, 0.15) is 19.8 Å². The first-order valence-corrected chi connectivity index (χ1v) is 3.92. The second-order valence-electron chi connectivity index (χ2n) is 2.76. The summed E-state index contributed by atoms with van der Waals surface area (Å²) in [6, 6.07) is 0. The van der Waals surface area contributed by atoms with Crippen LogP contribution < -0.4 is 0 Å². The molecule has 1 N–H and O–H groups in total. The van der Waals surface area contributed by atoms with Crippen molar-refractivity contribution >= 4 is 0 Å². The number of rotatable bonds is 1. The third kappa shape index (κ3) is 3.02. The zero-order valence-electron chi connectivity index (χ0n) is 7.63. The second kappa shape index (κ2) is 4.31. The average molecular weight is 234 g/mol.